The van der Waals surface area contributed by atoms with E-state index in [0.717, 1.165) is 28.9 Å². The number of nitrogens with zero attached hydrogens (tertiary/aromatic N) is 2. The van der Waals surface area contributed by atoms with Crippen LogP contribution >= 0.6 is 11.6 Å². The number of likely N-dealkylation sites (tertiary alicyclic amines) is 1. The largest absolute Gasteiger partial charge is 0.444 e. The van der Waals surface area contributed by atoms with E-state index in [1.54, 1.807) is 17.9 Å². The van der Waals surface area contributed by atoms with Crippen LogP contribution in [0.2, 0.25) is 5.02 Å². The van der Waals surface area contributed by atoms with E-state index in [4.69, 9.17) is 20.9 Å². The first-order chi connectivity index (χ1) is 18.8. The van der Waals surface area contributed by atoms with E-state index in [1.807, 2.05) is 52.8 Å². The van der Waals surface area contributed by atoms with Gasteiger partial charge in [0.25, 0.3) is 0 Å². The van der Waals surface area contributed by atoms with Crippen molar-refractivity contribution >= 4 is 35.0 Å². The number of carbonyl (C=O) groups is 2. The number of hydrogen-bond acceptors (Lipinski definition) is 6. The molecule has 1 aliphatic heterocycles. The second-order valence-corrected chi connectivity index (χ2v) is 11.8. The minimum atomic E-state index is -0.567. The molecule has 1 aliphatic rings. The van der Waals surface area contributed by atoms with Crippen LogP contribution in [0.5, 0.6) is 0 Å². The number of nitrogens with one attached hydrogen (secondary N) is 2. The first-order valence-corrected chi connectivity index (χ1v) is 13.7. The van der Waals surface area contributed by atoms with Crippen LogP contribution in [0.15, 0.2) is 40.9 Å². The number of ether oxygens (including phenoxy) is 1. The second-order valence-electron chi connectivity index (χ2n) is 11.4. The Kier molecular flexibility index (Phi) is 8.73. The lowest BCUT2D eigenvalue weighted by Gasteiger charge is -2.25. The molecule has 2 N–H and O–H groups in total. The summed E-state index contributed by atoms with van der Waals surface area (Å²) >= 11 is 5.81. The third-order valence-electron chi connectivity index (χ3n) is 6.77. The van der Waals surface area contributed by atoms with E-state index in [-0.39, 0.29) is 23.1 Å². The molecule has 1 fully saturated rings. The summed E-state index contributed by atoms with van der Waals surface area (Å²) in [6, 6.07) is 10.3. The molecular weight excluding hydrogens is 535 g/mol. The predicted molar refractivity (Wildman–Crippen MR) is 154 cm³/mol. The number of halogens is 2. The van der Waals surface area contributed by atoms with Gasteiger partial charge in [0.2, 0.25) is 5.91 Å². The number of hydrogen-bond donors (Lipinski definition) is 2. The maximum atomic E-state index is 13.9. The van der Waals surface area contributed by atoms with Gasteiger partial charge in [-0.25, -0.2) is 9.18 Å². The molecule has 0 unspecified atom stereocenters. The second kappa shape index (κ2) is 11.9. The lowest BCUT2D eigenvalue weighted by Crippen LogP contribution is -2.36. The molecule has 8 nitrogen and oxygen atoms in total. The minimum Gasteiger partial charge on any atom is -0.444 e. The smallest absolute Gasteiger partial charge is 0.410 e. The SMILES string of the molecule is Cc1noc(C)c1-c1ccc(N[C@H]2CCN(C(=O)OC(C)(C)C)C2)c(NC(=O)[C@H](C)Cc2ccc(Cl)c(F)c2)c1. The lowest BCUT2D eigenvalue weighted by molar-refractivity contribution is -0.119. The fourth-order valence-electron chi connectivity index (χ4n) is 4.78. The van der Waals surface area contributed by atoms with Gasteiger partial charge >= 0.3 is 6.09 Å². The van der Waals surface area contributed by atoms with Crippen LogP contribution in [-0.4, -0.2) is 46.8 Å². The van der Waals surface area contributed by atoms with Crippen molar-refractivity contribution in [2.45, 2.75) is 66.0 Å². The Labute approximate surface area is 239 Å². The van der Waals surface area contributed by atoms with Crippen molar-refractivity contribution < 1.29 is 23.2 Å². The minimum absolute atomic E-state index is 0.0254. The summed E-state index contributed by atoms with van der Waals surface area (Å²) in [5.74, 6) is -0.485. The average molecular weight is 571 g/mol. The molecule has 2 aromatic carbocycles. The maximum absolute atomic E-state index is 13.9. The van der Waals surface area contributed by atoms with Crippen molar-refractivity contribution in [2.24, 2.45) is 5.92 Å². The van der Waals surface area contributed by atoms with E-state index in [2.05, 4.69) is 15.8 Å². The summed E-state index contributed by atoms with van der Waals surface area (Å²) in [5.41, 5.74) is 3.90. The highest BCUT2D eigenvalue weighted by molar-refractivity contribution is 6.30. The van der Waals surface area contributed by atoms with Crippen LogP contribution in [0.3, 0.4) is 0 Å². The summed E-state index contributed by atoms with van der Waals surface area (Å²) in [6.07, 6.45) is 0.739. The molecule has 0 aliphatic carbocycles. The van der Waals surface area contributed by atoms with E-state index < -0.39 is 17.3 Å². The van der Waals surface area contributed by atoms with Crippen molar-refractivity contribution in [1.82, 2.24) is 10.1 Å². The number of aryl methyl sites for hydroxylation is 2. The van der Waals surface area contributed by atoms with Gasteiger partial charge < -0.3 is 24.8 Å². The Hall–Kier alpha value is -3.59. The molecule has 2 amide bonds. The van der Waals surface area contributed by atoms with Crippen molar-refractivity contribution in [1.29, 1.82) is 0 Å². The zero-order valence-corrected chi connectivity index (χ0v) is 24.5. The van der Waals surface area contributed by atoms with E-state index in [0.29, 0.717) is 36.5 Å². The molecular formula is C30H36ClFN4O4. The number of carbonyl (C=O) groups excluding carboxylic acids is 2. The highest BCUT2D eigenvalue weighted by Gasteiger charge is 2.30. The van der Waals surface area contributed by atoms with Crippen LogP contribution in [0, 0.1) is 25.6 Å². The fourth-order valence-corrected chi connectivity index (χ4v) is 4.90. The van der Waals surface area contributed by atoms with Crippen molar-refractivity contribution in [3.63, 3.8) is 0 Å². The molecule has 4 rings (SSSR count). The van der Waals surface area contributed by atoms with E-state index >= 15 is 0 Å². The maximum Gasteiger partial charge on any atom is 0.410 e. The lowest BCUT2D eigenvalue weighted by atomic mass is 9.99. The summed E-state index contributed by atoms with van der Waals surface area (Å²) in [6.45, 7) is 12.1. The Morgan fingerprint density at radius 2 is 1.95 bits per heavy atom. The van der Waals surface area contributed by atoms with Gasteiger partial charge in [0.1, 0.15) is 17.2 Å². The zero-order valence-electron chi connectivity index (χ0n) is 23.7. The summed E-state index contributed by atoms with van der Waals surface area (Å²) in [7, 11) is 0. The normalized spacial score (nSPS) is 16.1. The number of amides is 2. The van der Waals surface area contributed by atoms with E-state index in [1.165, 1.54) is 12.1 Å². The highest BCUT2D eigenvalue weighted by Crippen LogP contribution is 2.34. The van der Waals surface area contributed by atoms with Crippen molar-refractivity contribution in [2.75, 3.05) is 23.7 Å². The summed E-state index contributed by atoms with van der Waals surface area (Å²) in [4.78, 5) is 27.5. The molecule has 0 bridgehead atoms. The van der Waals surface area contributed by atoms with Crippen LogP contribution in [0.1, 0.15) is 51.1 Å². The molecule has 2 heterocycles. The number of anilines is 2. The zero-order chi connectivity index (χ0) is 29.2. The van der Waals surface area contributed by atoms with Crippen LogP contribution in [0.4, 0.5) is 20.6 Å². The quantitative estimate of drug-likeness (QED) is 0.318. The van der Waals surface area contributed by atoms with Crippen molar-refractivity contribution in [3.05, 3.63) is 64.3 Å². The topological polar surface area (TPSA) is 96.7 Å². The first kappa shape index (κ1) is 29.4. The van der Waals surface area contributed by atoms with Gasteiger partial charge in [0.05, 0.1) is 22.1 Å². The number of benzene rings is 2. The summed E-state index contributed by atoms with van der Waals surface area (Å²) < 4.78 is 24.8. The van der Waals surface area contributed by atoms with Gasteiger partial charge in [-0.05, 0) is 82.9 Å². The standard InChI is InChI=1S/C30H36ClFN4O4/c1-17(13-20-7-9-23(31)24(32)14-20)28(37)34-26-15-21(27-18(2)35-40-19(27)3)8-10-25(26)33-22-11-12-36(16-22)29(38)39-30(4,5)6/h7-10,14-15,17,22,33H,11-13,16H2,1-6H3,(H,34,37)/t17-,22+/m1/s1. The predicted octanol–water partition coefficient (Wildman–Crippen LogP) is 6.99. The highest BCUT2D eigenvalue weighted by atomic mass is 35.5. The molecule has 1 aromatic heterocycles. The van der Waals surface area contributed by atoms with Crippen LogP contribution < -0.4 is 10.6 Å². The molecule has 0 saturated carbocycles. The third-order valence-corrected chi connectivity index (χ3v) is 7.08. The van der Waals surface area contributed by atoms with Crippen LogP contribution in [-0.2, 0) is 16.0 Å². The molecule has 10 heteroatoms. The Balaban J connectivity index is 1.54. The molecule has 1 saturated heterocycles. The molecule has 214 valence electrons. The van der Waals surface area contributed by atoms with Gasteiger partial charge in [-0.15, -0.1) is 0 Å². The fraction of sp³-hybridized carbons (Fsp3) is 0.433. The van der Waals surface area contributed by atoms with Crippen LogP contribution in [0.25, 0.3) is 11.1 Å². The Morgan fingerprint density at radius 3 is 2.60 bits per heavy atom. The molecule has 0 radical (unpaired) electrons. The van der Waals surface area contributed by atoms with Gasteiger partial charge in [-0.1, -0.05) is 35.8 Å². The number of rotatable bonds is 7. The molecule has 3 aromatic rings. The molecule has 40 heavy (non-hydrogen) atoms. The average Bonchev–Trinajstić information content (AvgIpc) is 3.47. The molecule has 2 atom stereocenters. The molecule has 0 spiro atoms. The van der Waals surface area contributed by atoms with Gasteiger partial charge in [0.15, 0.2) is 0 Å². The summed E-state index contributed by atoms with van der Waals surface area (Å²) in [5, 5.41) is 10.7. The first-order valence-electron chi connectivity index (χ1n) is 13.4. The van der Waals surface area contributed by atoms with Gasteiger partial charge in [-0.3, -0.25) is 4.79 Å². The van der Waals surface area contributed by atoms with Gasteiger partial charge in [-0.2, -0.15) is 0 Å². The van der Waals surface area contributed by atoms with E-state index in [9.17, 15) is 14.0 Å². The third kappa shape index (κ3) is 7.13. The van der Waals surface area contributed by atoms with Gasteiger partial charge in [0, 0.05) is 30.6 Å². The Bertz CT molecular complexity index is 1380. The van der Waals surface area contributed by atoms with Crippen molar-refractivity contribution in [3.8, 4) is 11.1 Å². The Morgan fingerprint density at radius 1 is 1.20 bits per heavy atom. The monoisotopic (exact) mass is 570 g/mol. The number of aromatic nitrogens is 1.